The van der Waals surface area contributed by atoms with E-state index in [0.717, 1.165) is 31.6 Å². The first kappa shape index (κ1) is 19.8. The van der Waals surface area contributed by atoms with Gasteiger partial charge < -0.3 is 10.2 Å². The maximum absolute atomic E-state index is 13.3. The molecule has 1 N–H and O–H groups in total. The fourth-order valence-electron chi connectivity index (χ4n) is 3.62. The van der Waals surface area contributed by atoms with Crippen LogP contribution in [0.1, 0.15) is 12.8 Å². The van der Waals surface area contributed by atoms with E-state index >= 15 is 0 Å². The van der Waals surface area contributed by atoms with Crippen molar-refractivity contribution in [1.29, 1.82) is 0 Å². The maximum atomic E-state index is 13.3. The van der Waals surface area contributed by atoms with Gasteiger partial charge in [-0.2, -0.15) is 0 Å². The molecule has 0 unspecified atom stereocenters. The Balaban J connectivity index is 1.68. The third-order valence-corrected chi connectivity index (χ3v) is 7.76. The Bertz CT molecular complexity index is 1120. The van der Waals surface area contributed by atoms with Gasteiger partial charge >= 0.3 is 0 Å². The molecule has 148 valence electrons. The second-order valence-corrected chi connectivity index (χ2v) is 10.2. The predicted octanol–water partition coefficient (Wildman–Crippen LogP) is 4.80. The average molecular weight is 483 g/mol. The zero-order valence-electron chi connectivity index (χ0n) is 15.4. The normalized spacial score (nSPS) is 16.5. The van der Waals surface area contributed by atoms with E-state index in [1.54, 1.807) is 42.6 Å². The lowest BCUT2D eigenvalue weighted by Crippen LogP contribution is -2.36. The summed E-state index contributed by atoms with van der Waals surface area (Å²) < 4.78 is 28.6. The quantitative estimate of drug-likeness (QED) is 0.580. The van der Waals surface area contributed by atoms with Crippen LogP contribution in [0.25, 0.3) is 10.9 Å². The number of hydrogen-bond donors (Lipinski definition) is 1. The van der Waals surface area contributed by atoms with Crippen molar-refractivity contribution < 1.29 is 8.42 Å². The van der Waals surface area contributed by atoms with E-state index in [1.165, 1.54) is 3.97 Å². The van der Waals surface area contributed by atoms with Crippen molar-refractivity contribution in [3.8, 4) is 0 Å². The van der Waals surface area contributed by atoms with Crippen molar-refractivity contribution in [2.75, 3.05) is 25.5 Å². The van der Waals surface area contributed by atoms with Crippen molar-refractivity contribution in [1.82, 2.24) is 8.87 Å². The topological polar surface area (TPSA) is 54.3 Å². The lowest BCUT2D eigenvalue weighted by atomic mass is 10.1. The largest absolute Gasteiger partial charge is 0.382 e. The summed E-state index contributed by atoms with van der Waals surface area (Å²) in [5.41, 5.74) is 1.37. The smallest absolute Gasteiger partial charge is 0.268 e. The molecule has 2 aromatic carbocycles. The molecule has 1 fully saturated rings. The number of aromatic nitrogens is 1. The van der Waals surface area contributed by atoms with E-state index in [1.807, 2.05) is 6.07 Å². The van der Waals surface area contributed by atoms with Gasteiger partial charge in [0.1, 0.15) is 0 Å². The number of hydrogen-bond acceptors (Lipinski definition) is 4. The van der Waals surface area contributed by atoms with Gasteiger partial charge in [-0.05, 0) is 79.2 Å². The van der Waals surface area contributed by atoms with Gasteiger partial charge in [-0.25, -0.2) is 12.4 Å². The number of halogens is 2. The molecule has 0 aliphatic carbocycles. The molecule has 8 heteroatoms. The van der Waals surface area contributed by atoms with Crippen LogP contribution < -0.4 is 5.32 Å². The summed E-state index contributed by atoms with van der Waals surface area (Å²) in [5.74, 6) is 0. The molecular formula is C20H21BrClN3O2S. The minimum absolute atomic E-state index is 0.245. The maximum Gasteiger partial charge on any atom is 0.268 e. The molecular weight excluding hydrogens is 462 g/mol. The Morgan fingerprint density at radius 1 is 1.14 bits per heavy atom. The summed E-state index contributed by atoms with van der Waals surface area (Å²) in [5, 5.41) is 4.68. The Hall–Kier alpha value is -1.54. The molecule has 1 aliphatic rings. The van der Waals surface area contributed by atoms with Crippen molar-refractivity contribution >= 4 is 54.1 Å². The van der Waals surface area contributed by atoms with Crippen LogP contribution in [0.15, 0.2) is 58.0 Å². The van der Waals surface area contributed by atoms with Gasteiger partial charge in [0, 0.05) is 27.8 Å². The van der Waals surface area contributed by atoms with Crippen LogP contribution in [0.2, 0.25) is 5.02 Å². The molecule has 3 aromatic rings. The van der Waals surface area contributed by atoms with Crippen LogP contribution in [-0.2, 0) is 10.0 Å². The molecule has 28 heavy (non-hydrogen) atoms. The standard InChI is InChI=1S/C20H21BrClN3O2S/c1-24-10-8-14(9-11-24)23-15-4-2-5-16(12-15)28(26,27)25-13-17(21)20-18(22)6-3-7-19(20)25/h2-7,12-14,23H,8-11H2,1H3. The fourth-order valence-corrected chi connectivity index (χ4v) is 6.17. The third-order valence-electron chi connectivity index (χ3n) is 5.18. The highest BCUT2D eigenvalue weighted by atomic mass is 79.9. The second kappa shape index (κ2) is 7.71. The highest BCUT2D eigenvalue weighted by Crippen LogP contribution is 2.34. The Kier molecular flexibility index (Phi) is 5.44. The molecule has 0 saturated carbocycles. The fraction of sp³-hybridized carbons (Fsp3) is 0.300. The van der Waals surface area contributed by atoms with Crippen LogP contribution in [0.3, 0.4) is 0 Å². The summed E-state index contributed by atoms with van der Waals surface area (Å²) in [6, 6.07) is 12.6. The molecule has 0 spiro atoms. The monoisotopic (exact) mass is 481 g/mol. The minimum atomic E-state index is -3.75. The number of benzene rings is 2. The Morgan fingerprint density at radius 2 is 1.86 bits per heavy atom. The lowest BCUT2D eigenvalue weighted by molar-refractivity contribution is 0.264. The highest BCUT2D eigenvalue weighted by molar-refractivity contribution is 9.10. The zero-order chi connectivity index (χ0) is 19.9. The molecule has 0 atom stereocenters. The predicted molar refractivity (Wildman–Crippen MR) is 118 cm³/mol. The molecule has 2 heterocycles. The first-order chi connectivity index (χ1) is 13.4. The number of likely N-dealkylation sites (tertiary alicyclic amines) is 1. The lowest BCUT2D eigenvalue weighted by Gasteiger charge is -2.30. The first-order valence-electron chi connectivity index (χ1n) is 9.12. The van der Waals surface area contributed by atoms with Crippen LogP contribution in [0.5, 0.6) is 0 Å². The van der Waals surface area contributed by atoms with Gasteiger partial charge in [-0.1, -0.05) is 23.7 Å². The minimum Gasteiger partial charge on any atom is -0.382 e. The molecule has 0 amide bonds. The summed E-state index contributed by atoms with van der Waals surface area (Å²) in [4.78, 5) is 2.55. The number of rotatable bonds is 4. The van der Waals surface area contributed by atoms with Crippen molar-refractivity contribution in [3.63, 3.8) is 0 Å². The Labute approximate surface area is 178 Å². The van der Waals surface area contributed by atoms with Crippen LogP contribution in [0.4, 0.5) is 5.69 Å². The van der Waals surface area contributed by atoms with Crippen molar-refractivity contribution in [2.24, 2.45) is 0 Å². The Morgan fingerprint density at radius 3 is 2.61 bits per heavy atom. The van der Waals surface area contributed by atoms with E-state index in [9.17, 15) is 8.42 Å². The van der Waals surface area contributed by atoms with E-state index in [2.05, 4.69) is 33.2 Å². The molecule has 5 nitrogen and oxygen atoms in total. The van der Waals surface area contributed by atoms with Gasteiger partial charge in [-0.3, -0.25) is 0 Å². The van der Waals surface area contributed by atoms with Crippen LogP contribution >= 0.6 is 27.5 Å². The number of nitrogens with one attached hydrogen (secondary N) is 1. The third kappa shape index (κ3) is 3.68. The van der Waals surface area contributed by atoms with E-state index in [4.69, 9.17) is 11.6 Å². The van der Waals surface area contributed by atoms with Gasteiger partial charge in [0.15, 0.2) is 0 Å². The van der Waals surface area contributed by atoms with Crippen molar-refractivity contribution in [3.05, 3.63) is 58.2 Å². The molecule has 0 radical (unpaired) electrons. The summed E-state index contributed by atoms with van der Waals surface area (Å²) in [7, 11) is -1.63. The molecule has 1 aromatic heterocycles. The zero-order valence-corrected chi connectivity index (χ0v) is 18.6. The van der Waals surface area contributed by atoms with Crippen molar-refractivity contribution in [2.45, 2.75) is 23.8 Å². The number of fused-ring (bicyclic) bond motifs is 1. The number of piperidine rings is 1. The second-order valence-electron chi connectivity index (χ2n) is 7.16. The van der Waals surface area contributed by atoms with E-state index in [-0.39, 0.29) is 4.90 Å². The highest BCUT2D eigenvalue weighted by Gasteiger charge is 2.23. The van der Waals surface area contributed by atoms with Crippen LogP contribution in [0, 0.1) is 0 Å². The molecule has 1 aliphatic heterocycles. The molecule has 0 bridgehead atoms. The number of anilines is 1. The van der Waals surface area contributed by atoms with Gasteiger partial charge in [0.25, 0.3) is 10.0 Å². The van der Waals surface area contributed by atoms with Crippen LogP contribution in [-0.4, -0.2) is 43.5 Å². The SMILES string of the molecule is CN1CCC(Nc2cccc(S(=O)(=O)n3cc(Br)c4c(Cl)cccc43)c2)CC1. The van der Waals surface area contributed by atoms with E-state index in [0.29, 0.717) is 26.4 Å². The first-order valence-corrected chi connectivity index (χ1v) is 11.7. The average Bonchev–Trinajstić information content (AvgIpc) is 3.03. The van der Waals surface area contributed by atoms with Gasteiger partial charge in [-0.15, -0.1) is 0 Å². The van der Waals surface area contributed by atoms with E-state index < -0.39 is 10.0 Å². The molecule has 4 rings (SSSR count). The van der Waals surface area contributed by atoms with Gasteiger partial charge in [0.05, 0.1) is 15.4 Å². The summed E-state index contributed by atoms with van der Waals surface area (Å²) in [6.07, 6.45) is 3.64. The summed E-state index contributed by atoms with van der Waals surface area (Å²) in [6.45, 7) is 2.08. The summed E-state index contributed by atoms with van der Waals surface area (Å²) >= 11 is 9.70. The number of nitrogens with zero attached hydrogens (tertiary/aromatic N) is 2. The molecule has 1 saturated heterocycles. The van der Waals surface area contributed by atoms with Gasteiger partial charge in [0.2, 0.25) is 0 Å².